The fourth-order valence-electron chi connectivity index (χ4n) is 5.82. The molecule has 0 radical (unpaired) electrons. The van der Waals surface area contributed by atoms with Crippen molar-refractivity contribution in [2.75, 3.05) is 0 Å². The highest BCUT2D eigenvalue weighted by atomic mass is 16.3. The van der Waals surface area contributed by atoms with Crippen LogP contribution in [0.2, 0.25) is 0 Å². The van der Waals surface area contributed by atoms with Crippen LogP contribution in [0.25, 0.3) is 0 Å². The van der Waals surface area contributed by atoms with Crippen LogP contribution in [0.3, 0.4) is 0 Å². The van der Waals surface area contributed by atoms with Gasteiger partial charge in [0.05, 0.1) is 12.2 Å². The zero-order valence-electron chi connectivity index (χ0n) is 26.0. The Morgan fingerprint density at radius 1 is 0.512 bits per heavy atom. The van der Waals surface area contributed by atoms with Crippen molar-refractivity contribution in [1.82, 2.24) is 0 Å². The van der Waals surface area contributed by atoms with E-state index in [1.54, 1.807) is 18.2 Å². The van der Waals surface area contributed by atoms with E-state index in [1.807, 2.05) is 106 Å². The van der Waals surface area contributed by atoms with Gasteiger partial charge in [0.2, 0.25) is 0 Å². The number of ketones is 2. The van der Waals surface area contributed by atoms with Gasteiger partial charge in [-0.3, -0.25) is 9.59 Å². The van der Waals surface area contributed by atoms with Crippen LogP contribution in [0.15, 0.2) is 109 Å². The van der Waals surface area contributed by atoms with Gasteiger partial charge in [0.15, 0.2) is 11.6 Å². The van der Waals surface area contributed by atoms with E-state index in [9.17, 15) is 19.8 Å². The largest absolute Gasteiger partial charge is 0.393 e. The Labute approximate surface area is 248 Å². The molecule has 0 saturated heterocycles. The third-order valence-electron chi connectivity index (χ3n) is 9.29. The average Bonchev–Trinajstić information content (AvgIpc) is 3.23. The number of aliphatic hydroxyl groups excluding tert-OH is 2. The molecule has 0 aromatic rings. The van der Waals surface area contributed by atoms with Gasteiger partial charge in [-0.15, -0.1) is 0 Å². The van der Waals surface area contributed by atoms with Gasteiger partial charge in [0.25, 0.3) is 0 Å². The van der Waals surface area contributed by atoms with Crippen LogP contribution >= 0.6 is 0 Å². The molecule has 0 aliphatic heterocycles. The minimum Gasteiger partial charge on any atom is -0.393 e. The first-order valence-corrected chi connectivity index (χ1v) is 14.6. The SMILES string of the molecule is CC(C=CC(=O)[C@]1(C)C[C@@H](O)CC1(C)C)=CC=CC=CC=CC=CC=CC=CC=CC(=O)[C@]1(C)C[C@@H](O)CC1(C)C. The predicted octanol–water partition coefficient (Wildman–Crippen LogP) is 7.89. The first-order chi connectivity index (χ1) is 19.1. The van der Waals surface area contributed by atoms with E-state index >= 15 is 0 Å². The minimum atomic E-state index is -0.536. The lowest BCUT2D eigenvalue weighted by atomic mass is 9.66. The topological polar surface area (TPSA) is 74.6 Å². The highest BCUT2D eigenvalue weighted by Crippen LogP contribution is 2.54. The fraction of sp³-hybridized carbons (Fsp3) is 0.459. The van der Waals surface area contributed by atoms with Crippen LogP contribution in [0.5, 0.6) is 0 Å². The molecule has 0 bridgehead atoms. The molecule has 0 unspecified atom stereocenters. The number of hydrogen-bond donors (Lipinski definition) is 2. The quantitative estimate of drug-likeness (QED) is 0.189. The molecule has 2 aliphatic carbocycles. The number of carbonyl (C=O) groups excluding carboxylic acids is 2. The summed E-state index contributed by atoms with van der Waals surface area (Å²) in [4.78, 5) is 25.5. The summed E-state index contributed by atoms with van der Waals surface area (Å²) in [6.45, 7) is 14.1. The standard InChI is InChI=1S/C37H50O4/c1-29(23-24-33(41)37(7)28-31(39)26-35(37,4)5)21-19-17-15-13-11-9-8-10-12-14-16-18-20-22-32(40)36(6)27-30(38)25-34(36,2)3/h8-24,30-31,38-39H,25-28H2,1-7H3/t30-,31-,36-,37-/m0/s1. The molecular weight excluding hydrogens is 508 g/mol. The van der Waals surface area contributed by atoms with E-state index in [-0.39, 0.29) is 22.4 Å². The molecule has 0 spiro atoms. The molecule has 4 heteroatoms. The Hall–Kier alpha value is -3.08. The molecule has 0 aromatic heterocycles. The van der Waals surface area contributed by atoms with E-state index < -0.39 is 23.0 Å². The molecule has 2 fully saturated rings. The second kappa shape index (κ2) is 14.7. The normalized spacial score (nSPS) is 30.8. The first-order valence-electron chi connectivity index (χ1n) is 14.6. The first kappa shape index (κ1) is 34.1. The summed E-state index contributed by atoms with van der Waals surface area (Å²) in [6.07, 6.45) is 33.3. The summed E-state index contributed by atoms with van der Waals surface area (Å²) >= 11 is 0. The van der Waals surface area contributed by atoms with E-state index in [0.717, 1.165) is 5.57 Å². The van der Waals surface area contributed by atoms with Crippen molar-refractivity contribution in [3.63, 3.8) is 0 Å². The van der Waals surface area contributed by atoms with Crippen molar-refractivity contribution in [3.8, 4) is 0 Å². The summed E-state index contributed by atoms with van der Waals surface area (Å²) in [7, 11) is 0. The Kier molecular flexibility index (Phi) is 12.2. The average molecular weight is 559 g/mol. The van der Waals surface area contributed by atoms with Gasteiger partial charge in [-0.25, -0.2) is 0 Å². The second-order valence-corrected chi connectivity index (χ2v) is 13.2. The molecule has 0 heterocycles. The van der Waals surface area contributed by atoms with Crippen LogP contribution in [-0.2, 0) is 9.59 Å². The lowest BCUT2D eigenvalue weighted by molar-refractivity contribution is -0.128. The molecule has 4 nitrogen and oxygen atoms in total. The summed E-state index contributed by atoms with van der Waals surface area (Å²) in [6, 6.07) is 0. The number of aliphatic hydroxyl groups is 2. The summed E-state index contributed by atoms with van der Waals surface area (Å²) in [5.74, 6) is 0.138. The smallest absolute Gasteiger partial charge is 0.162 e. The highest BCUT2D eigenvalue weighted by molar-refractivity contribution is 5.96. The van der Waals surface area contributed by atoms with Gasteiger partial charge >= 0.3 is 0 Å². The van der Waals surface area contributed by atoms with E-state index in [2.05, 4.69) is 27.7 Å². The van der Waals surface area contributed by atoms with Crippen LogP contribution in [-0.4, -0.2) is 34.0 Å². The molecule has 222 valence electrons. The maximum absolute atomic E-state index is 12.8. The van der Waals surface area contributed by atoms with Crippen molar-refractivity contribution in [3.05, 3.63) is 109 Å². The van der Waals surface area contributed by atoms with Gasteiger partial charge in [-0.05, 0) is 55.6 Å². The van der Waals surface area contributed by atoms with Crippen LogP contribution in [0, 0.1) is 21.7 Å². The molecule has 2 rings (SSSR count). The second-order valence-electron chi connectivity index (χ2n) is 13.2. The Balaban J connectivity index is 1.72. The zero-order valence-corrected chi connectivity index (χ0v) is 26.0. The van der Waals surface area contributed by atoms with Gasteiger partial charge < -0.3 is 10.2 Å². The van der Waals surface area contributed by atoms with Crippen molar-refractivity contribution < 1.29 is 19.8 Å². The molecule has 41 heavy (non-hydrogen) atoms. The zero-order chi connectivity index (χ0) is 30.7. The van der Waals surface area contributed by atoms with Crippen LogP contribution in [0.1, 0.15) is 74.1 Å². The molecular formula is C37H50O4. The van der Waals surface area contributed by atoms with Gasteiger partial charge in [0.1, 0.15) is 0 Å². The monoisotopic (exact) mass is 558 g/mol. The third kappa shape index (κ3) is 9.21. The fourth-order valence-corrected chi connectivity index (χ4v) is 5.82. The Morgan fingerprint density at radius 3 is 1.22 bits per heavy atom. The van der Waals surface area contributed by atoms with Crippen molar-refractivity contribution in [2.24, 2.45) is 21.7 Å². The molecule has 4 atom stereocenters. The van der Waals surface area contributed by atoms with Gasteiger partial charge in [-0.1, -0.05) is 138 Å². The lowest BCUT2D eigenvalue weighted by Gasteiger charge is -2.35. The molecule has 0 amide bonds. The number of carbonyl (C=O) groups is 2. The molecule has 2 aliphatic rings. The van der Waals surface area contributed by atoms with Crippen molar-refractivity contribution in [1.29, 1.82) is 0 Å². The number of hydrogen-bond acceptors (Lipinski definition) is 4. The van der Waals surface area contributed by atoms with Crippen molar-refractivity contribution in [2.45, 2.75) is 86.4 Å². The Bertz CT molecular complexity index is 1200. The summed E-state index contributed by atoms with van der Waals surface area (Å²) in [5, 5.41) is 20.1. The summed E-state index contributed by atoms with van der Waals surface area (Å²) < 4.78 is 0. The maximum Gasteiger partial charge on any atom is 0.162 e. The van der Waals surface area contributed by atoms with E-state index in [4.69, 9.17) is 0 Å². The van der Waals surface area contributed by atoms with Crippen LogP contribution < -0.4 is 0 Å². The molecule has 0 aromatic carbocycles. The lowest BCUT2D eigenvalue weighted by Crippen LogP contribution is -2.36. The van der Waals surface area contributed by atoms with Gasteiger partial charge in [0, 0.05) is 10.8 Å². The molecule has 2 N–H and O–H groups in total. The predicted molar refractivity (Wildman–Crippen MR) is 171 cm³/mol. The van der Waals surface area contributed by atoms with E-state index in [1.165, 1.54) is 0 Å². The van der Waals surface area contributed by atoms with E-state index in [0.29, 0.717) is 25.7 Å². The summed E-state index contributed by atoms with van der Waals surface area (Å²) in [5.41, 5.74) is -0.514. The number of allylic oxidation sites excluding steroid dienone is 18. The van der Waals surface area contributed by atoms with Crippen LogP contribution in [0.4, 0.5) is 0 Å². The van der Waals surface area contributed by atoms with Gasteiger partial charge in [-0.2, -0.15) is 0 Å². The minimum absolute atomic E-state index is 0.0653. The Morgan fingerprint density at radius 2 is 0.854 bits per heavy atom. The number of rotatable bonds is 12. The highest BCUT2D eigenvalue weighted by Gasteiger charge is 2.53. The van der Waals surface area contributed by atoms with Crippen molar-refractivity contribution >= 4 is 11.6 Å². The molecule has 2 saturated carbocycles. The third-order valence-corrected chi connectivity index (χ3v) is 9.29. The maximum atomic E-state index is 12.8.